The summed E-state index contributed by atoms with van der Waals surface area (Å²) < 4.78 is 13.7. The normalized spacial score (nSPS) is 11.5. The van der Waals surface area contributed by atoms with E-state index >= 15 is 0 Å². The summed E-state index contributed by atoms with van der Waals surface area (Å²) >= 11 is 0. The molecule has 7 nitrogen and oxygen atoms in total. The molecule has 116 valence electrons. The third-order valence-corrected chi connectivity index (χ3v) is 2.35. The smallest absolute Gasteiger partial charge is 0.359 e. The molecule has 22 heavy (non-hydrogen) atoms. The van der Waals surface area contributed by atoms with Gasteiger partial charge in [-0.05, 0) is 0 Å². The third kappa shape index (κ3) is 5.58. The molecule has 0 N–H and O–H groups in total. The van der Waals surface area contributed by atoms with Gasteiger partial charge in [-0.2, -0.15) is 0 Å². The maximum atomic E-state index is 11.8. The fourth-order valence-corrected chi connectivity index (χ4v) is 1.43. The summed E-state index contributed by atoms with van der Waals surface area (Å²) in [6.07, 6.45) is 0.240. The summed E-state index contributed by atoms with van der Waals surface area (Å²) in [4.78, 5) is 45.2. The SMILES string of the molecule is COC(=O)/C=C/C(=O)OC(C(=O)OC(C)=O)c1ccccc1. The van der Waals surface area contributed by atoms with Crippen molar-refractivity contribution in [1.29, 1.82) is 0 Å². The van der Waals surface area contributed by atoms with Crippen LogP contribution in [-0.2, 0) is 33.4 Å². The molecule has 0 aliphatic carbocycles. The largest absolute Gasteiger partial charge is 0.466 e. The Hall–Kier alpha value is -2.96. The lowest BCUT2D eigenvalue weighted by molar-refractivity contribution is -0.171. The Labute approximate surface area is 126 Å². The van der Waals surface area contributed by atoms with Gasteiger partial charge < -0.3 is 14.2 Å². The van der Waals surface area contributed by atoms with Gasteiger partial charge in [0.15, 0.2) is 0 Å². The monoisotopic (exact) mass is 306 g/mol. The number of rotatable bonds is 5. The second-order valence-electron chi connectivity index (χ2n) is 4.00. The molecule has 0 spiro atoms. The van der Waals surface area contributed by atoms with E-state index in [4.69, 9.17) is 4.74 Å². The zero-order valence-corrected chi connectivity index (χ0v) is 12.0. The highest BCUT2D eigenvalue weighted by atomic mass is 16.6. The van der Waals surface area contributed by atoms with Crippen molar-refractivity contribution < 1.29 is 33.4 Å². The number of hydrogen-bond acceptors (Lipinski definition) is 7. The molecule has 0 aliphatic rings. The minimum absolute atomic E-state index is 0.327. The third-order valence-electron chi connectivity index (χ3n) is 2.35. The minimum Gasteiger partial charge on any atom is -0.466 e. The summed E-state index contributed by atoms with van der Waals surface area (Å²) in [5.41, 5.74) is 0.327. The molecule has 0 saturated heterocycles. The first-order valence-electron chi connectivity index (χ1n) is 6.18. The van der Waals surface area contributed by atoms with Gasteiger partial charge in [0, 0.05) is 24.6 Å². The molecule has 1 atom stereocenters. The van der Waals surface area contributed by atoms with Gasteiger partial charge in [0.1, 0.15) is 0 Å². The Morgan fingerprint density at radius 3 is 2.14 bits per heavy atom. The highest BCUT2D eigenvalue weighted by Crippen LogP contribution is 2.19. The number of esters is 4. The van der Waals surface area contributed by atoms with Crippen molar-refractivity contribution in [1.82, 2.24) is 0 Å². The summed E-state index contributed by atoms with van der Waals surface area (Å²) in [7, 11) is 1.15. The van der Waals surface area contributed by atoms with E-state index in [9.17, 15) is 19.2 Å². The lowest BCUT2D eigenvalue weighted by Gasteiger charge is -2.15. The van der Waals surface area contributed by atoms with Crippen molar-refractivity contribution >= 4 is 23.9 Å². The molecule has 7 heteroatoms. The highest BCUT2D eigenvalue weighted by molar-refractivity contribution is 5.94. The number of methoxy groups -OCH3 is 1. The van der Waals surface area contributed by atoms with Crippen LogP contribution >= 0.6 is 0 Å². The molecule has 1 unspecified atom stereocenters. The second-order valence-corrected chi connectivity index (χ2v) is 4.00. The number of hydrogen-bond donors (Lipinski definition) is 0. The number of benzene rings is 1. The fourth-order valence-electron chi connectivity index (χ4n) is 1.43. The van der Waals surface area contributed by atoms with Gasteiger partial charge in [0.05, 0.1) is 7.11 Å². The van der Waals surface area contributed by atoms with E-state index in [-0.39, 0.29) is 0 Å². The predicted molar refractivity (Wildman–Crippen MR) is 73.2 cm³/mol. The van der Waals surface area contributed by atoms with Crippen molar-refractivity contribution in [3.05, 3.63) is 48.0 Å². The standard InChI is InChI=1S/C15H14O7/c1-10(16)21-15(19)14(11-6-4-3-5-7-11)22-13(18)9-8-12(17)20-2/h3-9,14H,1-2H3/b9-8+. The van der Waals surface area contributed by atoms with E-state index in [0.717, 1.165) is 26.2 Å². The Kier molecular flexibility index (Phi) is 6.49. The van der Waals surface area contributed by atoms with Gasteiger partial charge in [-0.1, -0.05) is 30.3 Å². The summed E-state index contributed by atoms with van der Waals surface area (Å²) in [5.74, 6) is -3.56. The molecule has 0 aromatic heterocycles. The molecule has 0 radical (unpaired) electrons. The van der Waals surface area contributed by atoms with E-state index in [1.165, 1.54) is 12.1 Å². The number of carbonyl (C=O) groups is 4. The highest BCUT2D eigenvalue weighted by Gasteiger charge is 2.27. The molecule has 0 fully saturated rings. The molecular formula is C15H14O7. The Morgan fingerprint density at radius 1 is 1.00 bits per heavy atom. The zero-order valence-electron chi connectivity index (χ0n) is 12.0. The molecular weight excluding hydrogens is 292 g/mol. The lowest BCUT2D eigenvalue weighted by atomic mass is 10.1. The molecule has 1 aromatic rings. The van der Waals surface area contributed by atoms with Gasteiger partial charge in [0.2, 0.25) is 6.10 Å². The molecule has 0 bridgehead atoms. The van der Waals surface area contributed by atoms with E-state index < -0.39 is 30.0 Å². The van der Waals surface area contributed by atoms with Crippen LogP contribution in [0, 0.1) is 0 Å². The van der Waals surface area contributed by atoms with Gasteiger partial charge in [0.25, 0.3) is 0 Å². The first kappa shape index (κ1) is 17.1. The van der Waals surface area contributed by atoms with Gasteiger partial charge in [-0.3, -0.25) is 4.79 Å². The Morgan fingerprint density at radius 2 is 1.59 bits per heavy atom. The maximum Gasteiger partial charge on any atom is 0.359 e. The summed E-state index contributed by atoms with van der Waals surface area (Å²) in [6.45, 7) is 1.05. The second kappa shape index (κ2) is 8.35. The molecule has 0 saturated carbocycles. The van der Waals surface area contributed by atoms with E-state index in [1.54, 1.807) is 18.2 Å². The van der Waals surface area contributed by atoms with Gasteiger partial charge in [-0.15, -0.1) is 0 Å². The summed E-state index contributed by atoms with van der Waals surface area (Å²) in [6, 6.07) is 8.02. The number of carbonyl (C=O) groups excluding carboxylic acids is 4. The van der Waals surface area contributed by atoms with E-state index in [0.29, 0.717) is 5.56 Å². The maximum absolute atomic E-state index is 11.8. The molecule has 0 amide bonds. The van der Waals surface area contributed by atoms with Crippen molar-refractivity contribution in [3.8, 4) is 0 Å². The average Bonchev–Trinajstić information content (AvgIpc) is 2.50. The first-order chi connectivity index (χ1) is 10.4. The topological polar surface area (TPSA) is 96.0 Å². The van der Waals surface area contributed by atoms with Crippen molar-refractivity contribution in [2.75, 3.05) is 7.11 Å². The number of ether oxygens (including phenoxy) is 3. The van der Waals surface area contributed by atoms with Gasteiger partial charge in [-0.25, -0.2) is 14.4 Å². The van der Waals surface area contributed by atoms with Crippen LogP contribution < -0.4 is 0 Å². The quantitative estimate of drug-likeness (QED) is 0.348. The van der Waals surface area contributed by atoms with Crippen molar-refractivity contribution in [3.63, 3.8) is 0 Å². The van der Waals surface area contributed by atoms with Gasteiger partial charge >= 0.3 is 23.9 Å². The van der Waals surface area contributed by atoms with Crippen LogP contribution in [0.1, 0.15) is 18.6 Å². The van der Waals surface area contributed by atoms with Crippen LogP contribution in [0.2, 0.25) is 0 Å². The average molecular weight is 306 g/mol. The Bertz CT molecular complexity index is 589. The van der Waals surface area contributed by atoms with Crippen LogP contribution in [0.3, 0.4) is 0 Å². The summed E-state index contributed by atoms with van der Waals surface area (Å²) in [5, 5.41) is 0. The van der Waals surface area contributed by atoms with Crippen molar-refractivity contribution in [2.24, 2.45) is 0 Å². The fraction of sp³-hybridized carbons (Fsp3) is 0.200. The van der Waals surface area contributed by atoms with Crippen LogP contribution in [-0.4, -0.2) is 31.0 Å². The Balaban J connectivity index is 2.89. The molecule has 0 heterocycles. The molecule has 1 aromatic carbocycles. The minimum atomic E-state index is -1.42. The molecule has 0 aliphatic heterocycles. The zero-order chi connectivity index (χ0) is 16.5. The van der Waals surface area contributed by atoms with Crippen LogP contribution in [0.4, 0.5) is 0 Å². The van der Waals surface area contributed by atoms with Crippen LogP contribution in [0.25, 0.3) is 0 Å². The lowest BCUT2D eigenvalue weighted by Crippen LogP contribution is -2.23. The van der Waals surface area contributed by atoms with Crippen molar-refractivity contribution in [2.45, 2.75) is 13.0 Å². The van der Waals surface area contributed by atoms with Crippen LogP contribution in [0.5, 0.6) is 0 Å². The first-order valence-corrected chi connectivity index (χ1v) is 6.18. The van der Waals surface area contributed by atoms with E-state index in [2.05, 4.69) is 9.47 Å². The predicted octanol–water partition coefficient (Wildman–Crippen LogP) is 1.09. The van der Waals surface area contributed by atoms with Crippen LogP contribution in [0.15, 0.2) is 42.5 Å². The molecule has 1 rings (SSSR count). The van der Waals surface area contributed by atoms with E-state index in [1.807, 2.05) is 0 Å².